The second-order valence-corrected chi connectivity index (χ2v) is 5.83. The van der Waals surface area contributed by atoms with E-state index in [0.29, 0.717) is 24.5 Å². The van der Waals surface area contributed by atoms with Crippen molar-refractivity contribution >= 4 is 5.91 Å². The molecule has 0 radical (unpaired) electrons. The first-order valence-electron chi connectivity index (χ1n) is 6.87. The van der Waals surface area contributed by atoms with E-state index in [1.807, 2.05) is 13.8 Å². The summed E-state index contributed by atoms with van der Waals surface area (Å²) < 4.78 is 0. The van der Waals surface area contributed by atoms with Gasteiger partial charge in [-0.15, -0.1) is 0 Å². The number of nitrogens with one attached hydrogen (secondary N) is 1. The smallest absolute Gasteiger partial charge is 0.221 e. The fourth-order valence-electron chi connectivity index (χ4n) is 3.31. The van der Waals surface area contributed by atoms with Crippen molar-refractivity contribution < 1.29 is 4.79 Å². The lowest BCUT2D eigenvalue weighted by Crippen LogP contribution is -2.48. The lowest BCUT2D eigenvalue weighted by Gasteiger charge is -2.37. The van der Waals surface area contributed by atoms with Crippen LogP contribution >= 0.6 is 0 Å². The predicted octanol–water partition coefficient (Wildman–Crippen LogP) is 0.855. The highest BCUT2D eigenvalue weighted by Crippen LogP contribution is 2.34. The van der Waals surface area contributed by atoms with Crippen LogP contribution in [0.1, 0.15) is 46.0 Å². The maximum Gasteiger partial charge on any atom is 0.221 e. The third-order valence-corrected chi connectivity index (χ3v) is 3.97. The van der Waals surface area contributed by atoms with Gasteiger partial charge in [-0.3, -0.25) is 9.69 Å². The van der Waals surface area contributed by atoms with E-state index in [2.05, 4.69) is 10.2 Å². The Morgan fingerprint density at radius 3 is 2.47 bits per heavy atom. The lowest BCUT2D eigenvalue weighted by atomic mass is 9.98. The highest BCUT2D eigenvalue weighted by Gasteiger charge is 2.39. The molecule has 2 aliphatic rings. The van der Waals surface area contributed by atoms with Crippen molar-refractivity contribution in [2.45, 2.75) is 70.1 Å². The van der Waals surface area contributed by atoms with Crippen molar-refractivity contribution in [3.8, 4) is 0 Å². The van der Waals surface area contributed by atoms with E-state index in [1.54, 1.807) is 0 Å². The summed E-state index contributed by atoms with van der Waals surface area (Å²) in [7, 11) is 0. The maximum absolute atomic E-state index is 11.6. The fourth-order valence-corrected chi connectivity index (χ4v) is 3.31. The van der Waals surface area contributed by atoms with E-state index in [0.717, 1.165) is 19.4 Å². The zero-order valence-electron chi connectivity index (χ0n) is 11.0. The van der Waals surface area contributed by atoms with E-state index in [-0.39, 0.29) is 11.9 Å². The summed E-state index contributed by atoms with van der Waals surface area (Å²) in [6, 6.07) is 1.90. The first-order valence-corrected chi connectivity index (χ1v) is 6.87. The van der Waals surface area contributed by atoms with Crippen molar-refractivity contribution in [3.63, 3.8) is 0 Å². The number of fused-ring (bicyclic) bond motifs is 2. The first kappa shape index (κ1) is 12.8. The number of rotatable bonds is 4. The van der Waals surface area contributed by atoms with Gasteiger partial charge in [0.05, 0.1) is 0 Å². The fraction of sp³-hybridized carbons (Fsp3) is 0.923. The van der Waals surface area contributed by atoms with Crippen molar-refractivity contribution in [1.82, 2.24) is 10.2 Å². The molecule has 0 aromatic rings. The molecule has 0 saturated carbocycles. The molecular formula is C13H25N3O. The molecule has 2 heterocycles. The zero-order chi connectivity index (χ0) is 12.4. The highest BCUT2D eigenvalue weighted by molar-refractivity contribution is 5.76. The third-order valence-electron chi connectivity index (χ3n) is 3.97. The Morgan fingerprint density at radius 1 is 1.35 bits per heavy atom. The standard InChI is InChI=1S/C13H25N3O/c1-9(2)15-13(17)5-6-16-11-3-4-12(16)8-10(14)7-11/h9-12H,3-8,14H2,1-2H3,(H,15,17). The van der Waals surface area contributed by atoms with Crippen LogP contribution in [0, 0.1) is 0 Å². The molecule has 2 bridgehead atoms. The second-order valence-electron chi connectivity index (χ2n) is 5.83. The molecule has 0 aromatic heterocycles. The molecule has 1 amide bonds. The molecule has 2 unspecified atom stereocenters. The maximum atomic E-state index is 11.6. The average molecular weight is 239 g/mol. The number of hydrogen-bond donors (Lipinski definition) is 2. The van der Waals surface area contributed by atoms with Gasteiger partial charge in [0.15, 0.2) is 0 Å². The molecule has 4 heteroatoms. The Kier molecular flexibility index (Phi) is 4.05. The molecule has 2 atom stereocenters. The van der Waals surface area contributed by atoms with E-state index < -0.39 is 0 Å². The summed E-state index contributed by atoms with van der Waals surface area (Å²) >= 11 is 0. The largest absolute Gasteiger partial charge is 0.354 e. The number of hydrogen-bond acceptors (Lipinski definition) is 3. The van der Waals surface area contributed by atoms with Crippen LogP contribution in [0.5, 0.6) is 0 Å². The van der Waals surface area contributed by atoms with Crippen LogP contribution in [0.2, 0.25) is 0 Å². The average Bonchev–Trinajstić information content (AvgIpc) is 2.45. The van der Waals surface area contributed by atoms with Gasteiger partial charge in [0.25, 0.3) is 0 Å². The minimum atomic E-state index is 0.175. The van der Waals surface area contributed by atoms with E-state index >= 15 is 0 Å². The van der Waals surface area contributed by atoms with Crippen molar-refractivity contribution in [1.29, 1.82) is 0 Å². The van der Waals surface area contributed by atoms with Crippen LogP contribution in [0.4, 0.5) is 0 Å². The molecule has 0 aliphatic carbocycles. The number of nitrogens with zero attached hydrogens (tertiary/aromatic N) is 1. The van der Waals surface area contributed by atoms with E-state index in [1.165, 1.54) is 12.8 Å². The lowest BCUT2D eigenvalue weighted by molar-refractivity contribution is -0.122. The number of nitrogens with two attached hydrogens (primary N) is 1. The van der Waals surface area contributed by atoms with Gasteiger partial charge < -0.3 is 11.1 Å². The quantitative estimate of drug-likeness (QED) is 0.765. The topological polar surface area (TPSA) is 58.4 Å². The van der Waals surface area contributed by atoms with Crippen LogP contribution < -0.4 is 11.1 Å². The molecule has 0 aromatic carbocycles. The Balaban J connectivity index is 1.78. The molecule has 4 nitrogen and oxygen atoms in total. The summed E-state index contributed by atoms with van der Waals surface area (Å²) in [6.07, 6.45) is 5.39. The normalized spacial score (nSPS) is 33.1. The van der Waals surface area contributed by atoms with Crippen molar-refractivity contribution in [3.05, 3.63) is 0 Å². The minimum Gasteiger partial charge on any atom is -0.354 e. The van der Waals surface area contributed by atoms with Gasteiger partial charge in [-0.05, 0) is 39.5 Å². The van der Waals surface area contributed by atoms with Gasteiger partial charge in [0, 0.05) is 37.1 Å². The molecule has 2 aliphatic heterocycles. The highest BCUT2D eigenvalue weighted by atomic mass is 16.1. The molecule has 2 saturated heterocycles. The first-order chi connectivity index (χ1) is 8.06. The second kappa shape index (κ2) is 5.36. The van der Waals surface area contributed by atoms with E-state index in [9.17, 15) is 4.79 Å². The molecule has 2 fully saturated rings. The van der Waals surface area contributed by atoms with Gasteiger partial charge in [-0.25, -0.2) is 0 Å². The SMILES string of the molecule is CC(C)NC(=O)CCN1C2CCC1CC(N)C2. The Hall–Kier alpha value is -0.610. The van der Waals surface area contributed by atoms with E-state index in [4.69, 9.17) is 5.73 Å². The van der Waals surface area contributed by atoms with Crippen LogP contribution in [0.25, 0.3) is 0 Å². The van der Waals surface area contributed by atoms with Crippen molar-refractivity contribution in [2.24, 2.45) is 5.73 Å². The Labute approximate surface area is 104 Å². The number of piperidine rings is 1. The summed E-state index contributed by atoms with van der Waals surface area (Å²) in [6.45, 7) is 4.91. The van der Waals surface area contributed by atoms with Gasteiger partial charge in [-0.2, -0.15) is 0 Å². The van der Waals surface area contributed by atoms with Crippen LogP contribution in [0.3, 0.4) is 0 Å². The number of amides is 1. The number of carbonyl (C=O) groups excluding carboxylic acids is 1. The van der Waals surface area contributed by atoms with Crippen LogP contribution in [0.15, 0.2) is 0 Å². The number of carbonyl (C=O) groups is 1. The Morgan fingerprint density at radius 2 is 1.94 bits per heavy atom. The molecule has 0 spiro atoms. The predicted molar refractivity (Wildman–Crippen MR) is 68.6 cm³/mol. The molecule has 17 heavy (non-hydrogen) atoms. The Bertz CT molecular complexity index is 266. The molecule has 3 N–H and O–H groups in total. The molecule has 98 valence electrons. The van der Waals surface area contributed by atoms with Crippen molar-refractivity contribution in [2.75, 3.05) is 6.54 Å². The van der Waals surface area contributed by atoms with Crippen LogP contribution in [-0.2, 0) is 4.79 Å². The summed E-state index contributed by atoms with van der Waals surface area (Å²) in [5, 5.41) is 2.95. The summed E-state index contributed by atoms with van der Waals surface area (Å²) in [5.41, 5.74) is 6.03. The van der Waals surface area contributed by atoms with Crippen LogP contribution in [-0.4, -0.2) is 41.5 Å². The van der Waals surface area contributed by atoms with Gasteiger partial charge in [0.1, 0.15) is 0 Å². The van der Waals surface area contributed by atoms with Gasteiger partial charge >= 0.3 is 0 Å². The molecular weight excluding hydrogens is 214 g/mol. The molecule has 2 rings (SSSR count). The summed E-state index contributed by atoms with van der Waals surface area (Å²) in [5.74, 6) is 0.175. The zero-order valence-corrected chi connectivity index (χ0v) is 11.0. The monoisotopic (exact) mass is 239 g/mol. The summed E-state index contributed by atoms with van der Waals surface area (Å²) in [4.78, 5) is 14.1. The van der Waals surface area contributed by atoms with Gasteiger partial charge in [0.2, 0.25) is 5.91 Å². The van der Waals surface area contributed by atoms with Gasteiger partial charge in [-0.1, -0.05) is 0 Å². The third kappa shape index (κ3) is 3.19. The minimum absolute atomic E-state index is 0.175.